The molecule has 102 valence electrons. The standard InChI is InChI=1S/C11H9F3N2O2S/c1-6-3-7-4-8(17-2)5-15-9(7)10(16-6)18-19-11(12,13)14/h3-5H,1-2H3. The minimum Gasteiger partial charge on any atom is -0.495 e. The molecule has 2 rings (SSSR count). The van der Waals surface area contributed by atoms with Gasteiger partial charge >= 0.3 is 5.51 Å². The van der Waals surface area contributed by atoms with E-state index in [4.69, 9.17) is 4.74 Å². The average molecular weight is 290 g/mol. The van der Waals surface area contributed by atoms with Crippen LogP contribution >= 0.6 is 12.0 Å². The molecule has 2 aromatic heterocycles. The Labute approximate surface area is 111 Å². The summed E-state index contributed by atoms with van der Waals surface area (Å²) in [7, 11) is 1.48. The number of halogens is 3. The topological polar surface area (TPSA) is 44.2 Å². The number of alkyl halides is 3. The van der Waals surface area contributed by atoms with Gasteiger partial charge in [0, 0.05) is 11.1 Å². The molecule has 0 aliphatic carbocycles. The van der Waals surface area contributed by atoms with Crippen molar-refractivity contribution in [3.05, 3.63) is 24.0 Å². The number of aryl methyl sites for hydroxylation is 1. The minimum atomic E-state index is -4.50. The monoisotopic (exact) mass is 290 g/mol. The Balaban J connectivity index is 2.42. The van der Waals surface area contributed by atoms with Crippen LogP contribution in [0.25, 0.3) is 10.9 Å². The molecule has 0 aliphatic heterocycles. The van der Waals surface area contributed by atoms with Crippen molar-refractivity contribution in [2.75, 3.05) is 7.11 Å². The second-order valence-corrected chi connectivity index (χ2v) is 4.42. The molecule has 0 fully saturated rings. The van der Waals surface area contributed by atoms with E-state index in [1.807, 2.05) is 0 Å². The van der Waals surface area contributed by atoms with Crippen molar-refractivity contribution in [1.29, 1.82) is 0 Å². The van der Waals surface area contributed by atoms with Gasteiger partial charge in [-0.2, -0.15) is 13.2 Å². The van der Waals surface area contributed by atoms with Crippen molar-refractivity contribution in [2.24, 2.45) is 0 Å². The van der Waals surface area contributed by atoms with Gasteiger partial charge in [-0.1, -0.05) is 0 Å². The quantitative estimate of drug-likeness (QED) is 0.810. The van der Waals surface area contributed by atoms with Crippen LogP contribution in [0.4, 0.5) is 13.2 Å². The van der Waals surface area contributed by atoms with Gasteiger partial charge in [-0.05, 0) is 19.1 Å². The van der Waals surface area contributed by atoms with Crippen molar-refractivity contribution >= 4 is 22.9 Å². The van der Waals surface area contributed by atoms with Crippen LogP contribution in [-0.4, -0.2) is 22.6 Å². The fourth-order valence-electron chi connectivity index (χ4n) is 1.48. The summed E-state index contributed by atoms with van der Waals surface area (Å²) in [6.45, 7) is 1.66. The van der Waals surface area contributed by atoms with E-state index in [0.717, 1.165) is 0 Å². The van der Waals surface area contributed by atoms with Crippen LogP contribution in [0.5, 0.6) is 11.6 Å². The van der Waals surface area contributed by atoms with E-state index in [0.29, 0.717) is 16.8 Å². The molecule has 0 amide bonds. The van der Waals surface area contributed by atoms with Gasteiger partial charge < -0.3 is 8.92 Å². The zero-order valence-electron chi connectivity index (χ0n) is 9.99. The van der Waals surface area contributed by atoms with Crippen molar-refractivity contribution in [2.45, 2.75) is 12.4 Å². The van der Waals surface area contributed by atoms with Crippen LogP contribution in [0.1, 0.15) is 5.69 Å². The summed E-state index contributed by atoms with van der Waals surface area (Å²) in [6.07, 6.45) is 1.39. The maximum absolute atomic E-state index is 12.1. The van der Waals surface area contributed by atoms with Crippen LogP contribution in [0, 0.1) is 6.92 Å². The van der Waals surface area contributed by atoms with E-state index in [1.165, 1.54) is 13.3 Å². The summed E-state index contributed by atoms with van der Waals surface area (Å²) in [4.78, 5) is 7.91. The highest BCUT2D eigenvalue weighted by atomic mass is 32.2. The molecular formula is C11H9F3N2O2S. The third-order valence-electron chi connectivity index (χ3n) is 2.19. The number of hydrogen-bond donors (Lipinski definition) is 0. The van der Waals surface area contributed by atoms with Crippen molar-refractivity contribution in [1.82, 2.24) is 9.97 Å². The molecule has 0 N–H and O–H groups in total. The lowest BCUT2D eigenvalue weighted by atomic mass is 10.2. The summed E-state index contributed by atoms with van der Waals surface area (Å²) in [5, 5.41) is 0.602. The number of rotatable bonds is 3. The first-order valence-electron chi connectivity index (χ1n) is 5.13. The molecule has 0 bridgehead atoms. The number of fused-ring (bicyclic) bond motifs is 1. The Hall–Kier alpha value is -1.70. The van der Waals surface area contributed by atoms with E-state index >= 15 is 0 Å². The Morgan fingerprint density at radius 1 is 1.26 bits per heavy atom. The molecule has 0 unspecified atom stereocenters. The maximum Gasteiger partial charge on any atom is 0.479 e. The van der Waals surface area contributed by atoms with Crippen molar-refractivity contribution in [3.8, 4) is 11.6 Å². The molecule has 2 aromatic rings. The fraction of sp³-hybridized carbons (Fsp3) is 0.273. The third kappa shape index (κ3) is 3.40. The van der Waals surface area contributed by atoms with Gasteiger partial charge in [-0.15, -0.1) is 0 Å². The van der Waals surface area contributed by atoms with Gasteiger partial charge in [0.05, 0.1) is 13.3 Å². The molecule has 0 saturated heterocycles. The number of hydrogen-bond acceptors (Lipinski definition) is 5. The smallest absolute Gasteiger partial charge is 0.479 e. The average Bonchev–Trinajstić information content (AvgIpc) is 2.34. The summed E-state index contributed by atoms with van der Waals surface area (Å²) in [5.41, 5.74) is -3.71. The molecule has 0 saturated carbocycles. The largest absolute Gasteiger partial charge is 0.495 e. The van der Waals surface area contributed by atoms with Crippen LogP contribution in [0.3, 0.4) is 0 Å². The molecule has 4 nitrogen and oxygen atoms in total. The summed E-state index contributed by atoms with van der Waals surface area (Å²) >= 11 is -0.614. The fourth-order valence-corrected chi connectivity index (χ4v) is 1.77. The number of aromatic nitrogens is 2. The molecule has 0 radical (unpaired) electrons. The Kier molecular flexibility index (Phi) is 3.70. The number of pyridine rings is 2. The van der Waals surface area contributed by atoms with Crippen LogP contribution in [0.15, 0.2) is 18.3 Å². The molecule has 0 aliphatic rings. The van der Waals surface area contributed by atoms with E-state index in [9.17, 15) is 13.2 Å². The van der Waals surface area contributed by atoms with E-state index < -0.39 is 17.6 Å². The number of nitrogens with zero attached hydrogens (tertiary/aromatic N) is 2. The summed E-state index contributed by atoms with van der Waals surface area (Å²) in [5.74, 6) is 0.340. The van der Waals surface area contributed by atoms with E-state index in [-0.39, 0.29) is 11.4 Å². The molecule has 2 heterocycles. The zero-order valence-corrected chi connectivity index (χ0v) is 10.8. The highest BCUT2D eigenvalue weighted by Gasteiger charge is 2.32. The first-order valence-corrected chi connectivity index (χ1v) is 5.87. The molecule has 0 spiro atoms. The second kappa shape index (κ2) is 5.12. The van der Waals surface area contributed by atoms with Gasteiger partial charge in [0.25, 0.3) is 5.88 Å². The second-order valence-electron chi connectivity index (χ2n) is 3.63. The van der Waals surface area contributed by atoms with Crippen LogP contribution < -0.4 is 8.92 Å². The summed E-state index contributed by atoms with van der Waals surface area (Å²) in [6, 6.07) is 3.35. The lowest BCUT2D eigenvalue weighted by Gasteiger charge is -2.09. The molecular weight excluding hydrogens is 281 g/mol. The highest BCUT2D eigenvalue weighted by Crippen LogP contribution is 2.34. The van der Waals surface area contributed by atoms with Gasteiger partial charge in [-0.25, -0.2) is 9.97 Å². The van der Waals surface area contributed by atoms with Crippen molar-refractivity contribution < 1.29 is 22.1 Å². The molecule has 0 aromatic carbocycles. The van der Waals surface area contributed by atoms with Gasteiger partial charge in [0.1, 0.15) is 11.3 Å². The van der Waals surface area contributed by atoms with Gasteiger partial charge in [0.15, 0.2) is 12.0 Å². The molecule has 0 atom stereocenters. The van der Waals surface area contributed by atoms with E-state index in [2.05, 4.69) is 14.2 Å². The summed E-state index contributed by atoms with van der Waals surface area (Å²) < 4.78 is 46.0. The molecule has 8 heteroatoms. The first kappa shape index (κ1) is 13.7. The third-order valence-corrected chi connectivity index (χ3v) is 2.62. The minimum absolute atomic E-state index is 0.167. The lowest BCUT2D eigenvalue weighted by molar-refractivity contribution is -0.0370. The predicted octanol–water partition coefficient (Wildman–Crippen LogP) is 3.49. The van der Waals surface area contributed by atoms with E-state index in [1.54, 1.807) is 19.1 Å². The van der Waals surface area contributed by atoms with Crippen LogP contribution in [-0.2, 0) is 0 Å². The van der Waals surface area contributed by atoms with Gasteiger partial charge in [0.2, 0.25) is 0 Å². The van der Waals surface area contributed by atoms with Crippen LogP contribution in [0.2, 0.25) is 0 Å². The normalized spacial score (nSPS) is 11.6. The Bertz CT molecular complexity index is 604. The number of ether oxygens (including phenoxy) is 1. The van der Waals surface area contributed by atoms with Crippen molar-refractivity contribution in [3.63, 3.8) is 0 Å². The first-order chi connectivity index (χ1) is 8.89. The Morgan fingerprint density at radius 3 is 2.63 bits per heavy atom. The highest BCUT2D eigenvalue weighted by molar-refractivity contribution is 7.95. The zero-order chi connectivity index (χ0) is 14.0. The Morgan fingerprint density at radius 2 is 2.00 bits per heavy atom. The maximum atomic E-state index is 12.1. The molecule has 19 heavy (non-hydrogen) atoms. The lowest BCUT2D eigenvalue weighted by Crippen LogP contribution is -2.04. The number of methoxy groups -OCH3 is 1. The SMILES string of the molecule is COc1cnc2c(OSC(F)(F)F)nc(C)cc2c1. The van der Waals surface area contributed by atoms with Gasteiger partial charge in [-0.3, -0.25) is 0 Å². The predicted molar refractivity (Wildman–Crippen MR) is 65.1 cm³/mol.